The van der Waals surface area contributed by atoms with Gasteiger partial charge in [-0.3, -0.25) is 9.36 Å². The molecule has 1 N–H and O–H groups in total. The van der Waals surface area contributed by atoms with Crippen LogP contribution in [0.15, 0.2) is 18.5 Å². The maximum Gasteiger partial charge on any atom is 0.156 e. The molecule has 0 aliphatic carbocycles. The predicted molar refractivity (Wildman–Crippen MR) is 85.8 cm³/mol. The van der Waals surface area contributed by atoms with Crippen molar-refractivity contribution in [3.8, 4) is 0 Å². The Morgan fingerprint density at radius 1 is 1.23 bits per heavy atom. The summed E-state index contributed by atoms with van der Waals surface area (Å²) in [5, 5.41) is 12.2. The van der Waals surface area contributed by atoms with Crippen LogP contribution < -0.4 is 5.32 Å². The van der Waals surface area contributed by atoms with Gasteiger partial charge in [0.05, 0.1) is 5.69 Å². The molecule has 0 saturated carbocycles. The topological polar surface area (TPSA) is 73.5 Å². The van der Waals surface area contributed by atoms with Crippen LogP contribution in [-0.2, 0) is 13.1 Å². The standard InChI is InChI=1S/C15H21N7/c1-4-22-14-13(11(2)20-22)18-12(3)19-15(14)16-7-5-9-21-10-6-8-17-21/h6,8,10H,4-5,7,9H2,1-3H3,(H,16,18,19). The van der Waals surface area contributed by atoms with Crippen molar-refractivity contribution in [1.82, 2.24) is 29.5 Å². The zero-order chi connectivity index (χ0) is 15.5. The first kappa shape index (κ1) is 14.5. The van der Waals surface area contributed by atoms with E-state index in [2.05, 4.69) is 32.4 Å². The summed E-state index contributed by atoms with van der Waals surface area (Å²) in [5.74, 6) is 1.63. The van der Waals surface area contributed by atoms with Gasteiger partial charge in [-0.05, 0) is 33.3 Å². The number of fused-ring (bicyclic) bond motifs is 1. The number of aromatic nitrogens is 6. The van der Waals surface area contributed by atoms with Crippen LogP contribution in [0, 0.1) is 13.8 Å². The summed E-state index contributed by atoms with van der Waals surface area (Å²) in [7, 11) is 0. The fourth-order valence-corrected chi connectivity index (χ4v) is 2.57. The van der Waals surface area contributed by atoms with Crippen molar-refractivity contribution >= 4 is 16.9 Å². The number of nitrogens with zero attached hydrogens (tertiary/aromatic N) is 6. The Balaban J connectivity index is 1.77. The number of hydrogen-bond donors (Lipinski definition) is 1. The molecule has 0 aliphatic heterocycles. The molecule has 3 rings (SSSR count). The first-order chi connectivity index (χ1) is 10.7. The zero-order valence-electron chi connectivity index (χ0n) is 13.2. The molecule has 0 aliphatic rings. The monoisotopic (exact) mass is 299 g/mol. The van der Waals surface area contributed by atoms with Crippen molar-refractivity contribution in [2.75, 3.05) is 11.9 Å². The molecule has 3 aromatic heterocycles. The van der Waals surface area contributed by atoms with Crippen LogP contribution in [0.25, 0.3) is 11.0 Å². The molecular weight excluding hydrogens is 278 g/mol. The van der Waals surface area contributed by atoms with Gasteiger partial charge in [0.1, 0.15) is 16.9 Å². The van der Waals surface area contributed by atoms with Crippen LogP contribution in [0.5, 0.6) is 0 Å². The third-order valence-corrected chi connectivity index (χ3v) is 3.58. The highest BCUT2D eigenvalue weighted by Crippen LogP contribution is 2.23. The van der Waals surface area contributed by atoms with Crippen LogP contribution in [-0.4, -0.2) is 36.1 Å². The lowest BCUT2D eigenvalue weighted by atomic mass is 10.3. The summed E-state index contributed by atoms with van der Waals surface area (Å²) in [5.41, 5.74) is 2.87. The van der Waals surface area contributed by atoms with Gasteiger partial charge in [-0.1, -0.05) is 0 Å². The summed E-state index contributed by atoms with van der Waals surface area (Å²) < 4.78 is 3.89. The zero-order valence-corrected chi connectivity index (χ0v) is 13.2. The minimum absolute atomic E-state index is 0.765. The van der Waals surface area contributed by atoms with Crippen molar-refractivity contribution < 1.29 is 0 Å². The third-order valence-electron chi connectivity index (χ3n) is 3.58. The molecule has 0 bridgehead atoms. The highest BCUT2D eigenvalue weighted by molar-refractivity contribution is 5.87. The predicted octanol–water partition coefficient (Wildman–Crippen LogP) is 2.16. The fourth-order valence-electron chi connectivity index (χ4n) is 2.57. The smallest absolute Gasteiger partial charge is 0.156 e. The molecule has 0 spiro atoms. The van der Waals surface area contributed by atoms with E-state index in [-0.39, 0.29) is 0 Å². The largest absolute Gasteiger partial charge is 0.368 e. The number of rotatable bonds is 6. The lowest BCUT2D eigenvalue weighted by molar-refractivity contribution is 0.591. The van der Waals surface area contributed by atoms with Crippen LogP contribution in [0.2, 0.25) is 0 Å². The lowest BCUT2D eigenvalue weighted by Crippen LogP contribution is -2.10. The van der Waals surface area contributed by atoms with Crippen LogP contribution in [0.4, 0.5) is 5.82 Å². The van der Waals surface area contributed by atoms with Gasteiger partial charge in [0, 0.05) is 32.0 Å². The first-order valence-corrected chi connectivity index (χ1v) is 7.62. The number of anilines is 1. The van der Waals surface area contributed by atoms with E-state index in [9.17, 15) is 0 Å². The molecule has 7 nitrogen and oxygen atoms in total. The van der Waals surface area contributed by atoms with Crippen molar-refractivity contribution in [2.45, 2.75) is 40.3 Å². The third kappa shape index (κ3) is 2.79. The highest BCUT2D eigenvalue weighted by atomic mass is 15.3. The van der Waals surface area contributed by atoms with Crippen LogP contribution >= 0.6 is 0 Å². The highest BCUT2D eigenvalue weighted by Gasteiger charge is 2.14. The normalized spacial score (nSPS) is 11.2. The molecule has 0 fully saturated rings. The van der Waals surface area contributed by atoms with Gasteiger partial charge in [0.2, 0.25) is 0 Å². The van der Waals surface area contributed by atoms with E-state index in [0.29, 0.717) is 0 Å². The molecule has 22 heavy (non-hydrogen) atoms. The second-order valence-electron chi connectivity index (χ2n) is 5.27. The lowest BCUT2D eigenvalue weighted by Gasteiger charge is -2.09. The van der Waals surface area contributed by atoms with Gasteiger partial charge >= 0.3 is 0 Å². The maximum atomic E-state index is 4.55. The molecular formula is C15H21N7. The van der Waals surface area contributed by atoms with Gasteiger partial charge in [-0.25, -0.2) is 9.97 Å². The minimum Gasteiger partial charge on any atom is -0.368 e. The molecule has 0 amide bonds. The Kier molecular flexibility index (Phi) is 4.04. The molecule has 7 heteroatoms. The van der Waals surface area contributed by atoms with Gasteiger partial charge < -0.3 is 5.32 Å². The summed E-state index contributed by atoms with van der Waals surface area (Å²) in [4.78, 5) is 9.08. The average Bonchev–Trinajstić information content (AvgIpc) is 3.12. The fraction of sp³-hybridized carbons (Fsp3) is 0.467. The minimum atomic E-state index is 0.765. The molecule has 3 aromatic rings. The maximum absolute atomic E-state index is 4.55. The number of nitrogens with one attached hydrogen (secondary N) is 1. The van der Waals surface area contributed by atoms with Gasteiger partial charge in [0.25, 0.3) is 0 Å². The van der Waals surface area contributed by atoms with E-state index < -0.39 is 0 Å². The Morgan fingerprint density at radius 2 is 2.09 bits per heavy atom. The number of aryl methyl sites for hydroxylation is 4. The Bertz CT molecular complexity index is 758. The van der Waals surface area contributed by atoms with E-state index in [4.69, 9.17) is 0 Å². The molecule has 0 saturated heterocycles. The van der Waals surface area contributed by atoms with E-state index in [1.807, 2.05) is 35.5 Å². The molecule has 0 aromatic carbocycles. The second-order valence-corrected chi connectivity index (χ2v) is 5.27. The van der Waals surface area contributed by atoms with Crippen molar-refractivity contribution in [1.29, 1.82) is 0 Å². The van der Waals surface area contributed by atoms with Crippen molar-refractivity contribution in [3.05, 3.63) is 30.0 Å². The van der Waals surface area contributed by atoms with Gasteiger partial charge in [-0.15, -0.1) is 0 Å². The average molecular weight is 299 g/mol. The summed E-state index contributed by atoms with van der Waals surface area (Å²) in [6, 6.07) is 1.94. The molecule has 3 heterocycles. The van der Waals surface area contributed by atoms with E-state index in [1.165, 1.54) is 0 Å². The van der Waals surface area contributed by atoms with E-state index >= 15 is 0 Å². The molecule has 116 valence electrons. The van der Waals surface area contributed by atoms with Crippen molar-refractivity contribution in [3.63, 3.8) is 0 Å². The van der Waals surface area contributed by atoms with Crippen LogP contribution in [0.3, 0.4) is 0 Å². The Labute approximate surface area is 129 Å². The second kappa shape index (κ2) is 6.13. The van der Waals surface area contributed by atoms with Gasteiger partial charge in [-0.2, -0.15) is 10.2 Å². The quantitative estimate of drug-likeness (QED) is 0.706. The van der Waals surface area contributed by atoms with E-state index in [1.54, 1.807) is 6.20 Å². The SMILES string of the molecule is CCn1nc(C)c2nc(C)nc(NCCCn3cccn3)c21. The van der Waals surface area contributed by atoms with Crippen molar-refractivity contribution in [2.24, 2.45) is 0 Å². The molecule has 0 atom stereocenters. The number of hydrogen-bond acceptors (Lipinski definition) is 5. The van der Waals surface area contributed by atoms with E-state index in [0.717, 1.165) is 54.4 Å². The summed E-state index contributed by atoms with van der Waals surface area (Å²) in [6.45, 7) is 8.50. The molecule has 0 unspecified atom stereocenters. The first-order valence-electron chi connectivity index (χ1n) is 7.62. The summed E-state index contributed by atoms with van der Waals surface area (Å²) >= 11 is 0. The summed E-state index contributed by atoms with van der Waals surface area (Å²) in [6.07, 6.45) is 4.75. The van der Waals surface area contributed by atoms with Crippen LogP contribution in [0.1, 0.15) is 24.9 Å². The molecule has 0 radical (unpaired) electrons. The Hall–Kier alpha value is -2.44. The Morgan fingerprint density at radius 3 is 2.82 bits per heavy atom. The van der Waals surface area contributed by atoms with Gasteiger partial charge in [0.15, 0.2) is 5.82 Å².